The largest absolute Gasteiger partial charge is 0.387 e. The summed E-state index contributed by atoms with van der Waals surface area (Å²) in [4.78, 5) is 2.20. The van der Waals surface area contributed by atoms with Gasteiger partial charge in [0.05, 0.1) is 17.1 Å². The predicted octanol–water partition coefficient (Wildman–Crippen LogP) is 3.42. The third-order valence-corrected chi connectivity index (χ3v) is 6.84. The first kappa shape index (κ1) is 25.1. The summed E-state index contributed by atoms with van der Waals surface area (Å²) in [7, 11) is -3.71. The number of benzene rings is 3. The Kier molecular flexibility index (Phi) is 8.77. The monoisotopic (exact) mass is 468 g/mol. The molecule has 3 rings (SSSR count). The molecule has 3 aromatic carbocycles. The van der Waals surface area contributed by atoms with Crippen LogP contribution in [0.3, 0.4) is 0 Å². The van der Waals surface area contributed by atoms with Crippen LogP contribution in [0.25, 0.3) is 0 Å². The van der Waals surface area contributed by atoms with Crippen LogP contribution in [0.15, 0.2) is 89.8 Å². The topological polar surface area (TPSA) is 104 Å². The van der Waals surface area contributed by atoms with Crippen LogP contribution >= 0.6 is 0 Å². The molecular weight excluding hydrogens is 436 g/mol. The van der Waals surface area contributed by atoms with Crippen LogP contribution in [0.1, 0.15) is 42.2 Å². The molecule has 6 nitrogen and oxygen atoms in total. The van der Waals surface area contributed by atoms with Crippen LogP contribution < -0.4 is 5.14 Å². The van der Waals surface area contributed by atoms with Gasteiger partial charge in [-0.2, -0.15) is 0 Å². The summed E-state index contributed by atoms with van der Waals surface area (Å²) in [6, 6.07) is 25.7. The van der Waals surface area contributed by atoms with Crippen molar-refractivity contribution in [1.82, 2.24) is 4.90 Å². The van der Waals surface area contributed by atoms with Crippen molar-refractivity contribution in [2.24, 2.45) is 5.14 Å². The number of nitrogens with zero attached hydrogens (tertiary/aromatic N) is 1. The fourth-order valence-corrected chi connectivity index (χ4v) is 4.36. The second-order valence-corrected chi connectivity index (χ2v) is 9.94. The SMILES string of the molecule is C[C@@H](CCc1ccc(S(N)(=O)=O)cc1)N(C[C@H](O)c1ccccc1)C[C@H](O)c1ccccc1. The summed E-state index contributed by atoms with van der Waals surface area (Å²) in [5, 5.41) is 26.8. The lowest BCUT2D eigenvalue weighted by Crippen LogP contribution is -2.39. The Morgan fingerprint density at radius 3 is 1.67 bits per heavy atom. The molecule has 0 radical (unpaired) electrons. The van der Waals surface area contributed by atoms with E-state index < -0.39 is 22.2 Å². The Morgan fingerprint density at radius 1 is 0.788 bits per heavy atom. The molecule has 0 spiro atoms. The van der Waals surface area contributed by atoms with Gasteiger partial charge in [0.2, 0.25) is 10.0 Å². The minimum Gasteiger partial charge on any atom is -0.387 e. The van der Waals surface area contributed by atoms with Gasteiger partial charge in [-0.1, -0.05) is 72.8 Å². The highest BCUT2D eigenvalue weighted by Crippen LogP contribution is 2.22. The van der Waals surface area contributed by atoms with Crippen LogP contribution in [0.2, 0.25) is 0 Å². The Labute approximate surface area is 196 Å². The maximum absolute atomic E-state index is 11.5. The summed E-state index contributed by atoms with van der Waals surface area (Å²) in [6.07, 6.45) is 0.153. The van der Waals surface area contributed by atoms with Crippen LogP contribution in [0, 0.1) is 0 Å². The second kappa shape index (κ2) is 11.5. The fraction of sp³-hybridized carbons (Fsp3) is 0.308. The molecule has 3 atom stereocenters. The summed E-state index contributed by atoms with van der Waals surface area (Å²) < 4.78 is 22.9. The Morgan fingerprint density at radius 2 is 1.24 bits per heavy atom. The molecule has 176 valence electrons. The first-order valence-corrected chi connectivity index (χ1v) is 12.6. The number of rotatable bonds is 11. The Balaban J connectivity index is 1.70. The Bertz CT molecular complexity index is 1040. The van der Waals surface area contributed by atoms with Gasteiger partial charge in [-0.15, -0.1) is 0 Å². The van der Waals surface area contributed by atoms with Crippen LogP contribution in [0.4, 0.5) is 0 Å². The lowest BCUT2D eigenvalue weighted by molar-refractivity contribution is 0.0460. The molecule has 3 aromatic rings. The van der Waals surface area contributed by atoms with E-state index >= 15 is 0 Å². The molecular formula is C26H32N2O4S. The standard InChI is InChI=1S/C26H32N2O4S/c1-20(12-13-21-14-16-24(17-15-21)33(27,31)32)28(18-25(29)22-8-4-2-5-9-22)19-26(30)23-10-6-3-7-11-23/h2-11,14-17,20,25-26,29-30H,12-13,18-19H2,1H3,(H2,27,31,32)/t20-,25-,26-/m0/s1. The molecule has 0 saturated carbocycles. The zero-order valence-corrected chi connectivity index (χ0v) is 19.6. The van der Waals surface area contributed by atoms with E-state index in [0.29, 0.717) is 13.1 Å². The summed E-state index contributed by atoms with van der Waals surface area (Å²) in [5.41, 5.74) is 2.67. The molecule has 0 unspecified atom stereocenters. The molecule has 0 aromatic heterocycles. The number of nitrogens with two attached hydrogens (primary N) is 1. The highest BCUT2D eigenvalue weighted by atomic mass is 32.2. The van der Waals surface area contributed by atoms with Gasteiger partial charge in [0, 0.05) is 19.1 Å². The number of hydrogen-bond donors (Lipinski definition) is 3. The second-order valence-electron chi connectivity index (χ2n) is 8.38. The Hall–Kier alpha value is -2.55. The highest BCUT2D eigenvalue weighted by molar-refractivity contribution is 7.89. The molecule has 0 aliphatic rings. The number of aryl methyl sites for hydroxylation is 1. The maximum Gasteiger partial charge on any atom is 0.238 e. The third kappa shape index (κ3) is 7.48. The molecule has 0 saturated heterocycles. The smallest absolute Gasteiger partial charge is 0.238 e. The van der Waals surface area contributed by atoms with Crippen molar-refractivity contribution >= 4 is 10.0 Å². The van der Waals surface area contributed by atoms with E-state index in [-0.39, 0.29) is 10.9 Å². The molecule has 33 heavy (non-hydrogen) atoms. The van der Waals surface area contributed by atoms with Gasteiger partial charge in [-0.05, 0) is 48.6 Å². The van der Waals surface area contributed by atoms with Crippen molar-refractivity contribution < 1.29 is 18.6 Å². The minimum absolute atomic E-state index is 0.0691. The van der Waals surface area contributed by atoms with Gasteiger partial charge < -0.3 is 10.2 Å². The normalized spacial score (nSPS) is 14.7. The molecule has 4 N–H and O–H groups in total. The van der Waals surface area contributed by atoms with Crippen LogP contribution in [-0.2, 0) is 16.4 Å². The van der Waals surface area contributed by atoms with E-state index in [1.165, 1.54) is 12.1 Å². The number of sulfonamides is 1. The molecule has 0 fully saturated rings. The van der Waals surface area contributed by atoms with Gasteiger partial charge in [0.1, 0.15) is 0 Å². The zero-order valence-electron chi connectivity index (χ0n) is 18.8. The lowest BCUT2D eigenvalue weighted by atomic mass is 10.0. The highest BCUT2D eigenvalue weighted by Gasteiger charge is 2.22. The van der Waals surface area contributed by atoms with Gasteiger partial charge >= 0.3 is 0 Å². The van der Waals surface area contributed by atoms with Gasteiger partial charge in [0.25, 0.3) is 0 Å². The van der Waals surface area contributed by atoms with E-state index in [0.717, 1.165) is 29.5 Å². The molecule has 7 heteroatoms. The van der Waals surface area contributed by atoms with E-state index in [1.807, 2.05) is 60.7 Å². The van der Waals surface area contributed by atoms with Crippen LogP contribution in [0.5, 0.6) is 0 Å². The van der Waals surface area contributed by atoms with Gasteiger partial charge in [-0.25, -0.2) is 13.6 Å². The third-order valence-electron chi connectivity index (χ3n) is 5.91. The van der Waals surface area contributed by atoms with Crippen molar-refractivity contribution in [3.63, 3.8) is 0 Å². The predicted molar refractivity (Wildman–Crippen MR) is 130 cm³/mol. The van der Waals surface area contributed by atoms with Crippen LogP contribution in [-0.4, -0.2) is 42.7 Å². The zero-order chi connectivity index (χ0) is 23.8. The molecule has 0 amide bonds. The summed E-state index contributed by atoms with van der Waals surface area (Å²) in [6.45, 7) is 2.85. The van der Waals surface area contributed by atoms with E-state index in [2.05, 4.69) is 11.8 Å². The summed E-state index contributed by atoms with van der Waals surface area (Å²) in [5.74, 6) is 0. The molecule has 0 aliphatic carbocycles. The van der Waals surface area contributed by atoms with E-state index in [4.69, 9.17) is 5.14 Å². The minimum atomic E-state index is -3.71. The average Bonchev–Trinajstić information content (AvgIpc) is 2.82. The average molecular weight is 469 g/mol. The van der Waals surface area contributed by atoms with Crippen molar-refractivity contribution in [3.8, 4) is 0 Å². The first-order valence-electron chi connectivity index (χ1n) is 11.1. The van der Waals surface area contributed by atoms with Gasteiger partial charge in [-0.3, -0.25) is 4.90 Å². The van der Waals surface area contributed by atoms with Crippen molar-refractivity contribution in [2.45, 2.75) is 42.9 Å². The fourth-order valence-electron chi connectivity index (χ4n) is 3.84. The first-order chi connectivity index (χ1) is 15.7. The van der Waals surface area contributed by atoms with Crippen molar-refractivity contribution in [2.75, 3.05) is 13.1 Å². The number of hydrogen-bond acceptors (Lipinski definition) is 5. The van der Waals surface area contributed by atoms with E-state index in [1.54, 1.807) is 12.1 Å². The number of primary sulfonamides is 1. The number of aliphatic hydroxyl groups excluding tert-OH is 2. The number of aliphatic hydroxyl groups is 2. The quantitative estimate of drug-likeness (QED) is 0.400. The molecule has 0 aliphatic heterocycles. The summed E-state index contributed by atoms with van der Waals surface area (Å²) >= 11 is 0. The van der Waals surface area contributed by atoms with Gasteiger partial charge in [0.15, 0.2) is 0 Å². The van der Waals surface area contributed by atoms with E-state index in [9.17, 15) is 18.6 Å². The molecule has 0 heterocycles. The lowest BCUT2D eigenvalue weighted by Gasteiger charge is -2.33. The van der Waals surface area contributed by atoms with Crippen molar-refractivity contribution in [1.29, 1.82) is 0 Å². The maximum atomic E-state index is 11.5. The van der Waals surface area contributed by atoms with Crippen molar-refractivity contribution in [3.05, 3.63) is 102 Å². The molecule has 0 bridgehead atoms.